The molecule has 4 rings (SSSR count). The number of amides is 1. The van der Waals surface area contributed by atoms with Gasteiger partial charge in [-0.25, -0.2) is 0 Å². The van der Waals surface area contributed by atoms with Crippen molar-refractivity contribution in [3.05, 3.63) is 65.0 Å². The molecular formula is C19H15N3O2. The Kier molecular flexibility index (Phi) is 3.20. The van der Waals surface area contributed by atoms with Crippen molar-refractivity contribution in [1.29, 1.82) is 0 Å². The number of fused-ring (bicyclic) bond motifs is 3. The van der Waals surface area contributed by atoms with Gasteiger partial charge in [0.05, 0.1) is 11.0 Å². The highest BCUT2D eigenvalue weighted by Crippen LogP contribution is 2.35. The molecule has 0 spiro atoms. The molecular weight excluding hydrogens is 302 g/mol. The molecule has 5 heteroatoms. The summed E-state index contributed by atoms with van der Waals surface area (Å²) in [4.78, 5) is 30.5. The summed E-state index contributed by atoms with van der Waals surface area (Å²) in [6.07, 6.45) is 0. The Bertz CT molecular complexity index is 1120. The zero-order valence-corrected chi connectivity index (χ0v) is 13.0. The second-order valence-electron chi connectivity index (χ2n) is 5.67. The van der Waals surface area contributed by atoms with Crippen molar-refractivity contribution in [2.24, 2.45) is 0 Å². The van der Waals surface area contributed by atoms with E-state index in [9.17, 15) is 9.59 Å². The first-order chi connectivity index (χ1) is 11.6. The number of benzene rings is 2. The van der Waals surface area contributed by atoms with Gasteiger partial charge in [0, 0.05) is 23.4 Å². The van der Waals surface area contributed by atoms with E-state index < -0.39 is 0 Å². The molecule has 0 saturated heterocycles. The molecule has 0 aliphatic rings. The highest BCUT2D eigenvalue weighted by molar-refractivity contribution is 6.13. The van der Waals surface area contributed by atoms with Gasteiger partial charge in [-0.1, -0.05) is 48.5 Å². The smallest absolute Gasteiger partial charge is 0.272 e. The van der Waals surface area contributed by atoms with Crippen LogP contribution >= 0.6 is 0 Å². The third kappa shape index (κ3) is 2.18. The van der Waals surface area contributed by atoms with Gasteiger partial charge >= 0.3 is 0 Å². The maximum atomic E-state index is 12.6. The number of para-hydroxylation sites is 1. The molecule has 5 nitrogen and oxygen atoms in total. The molecule has 0 atom stereocenters. The van der Waals surface area contributed by atoms with Crippen LogP contribution in [0.4, 0.5) is 5.69 Å². The summed E-state index contributed by atoms with van der Waals surface area (Å²) in [6.45, 7) is 1.39. The number of hydrogen-bond acceptors (Lipinski definition) is 2. The minimum absolute atomic E-state index is 0.257. The molecule has 24 heavy (non-hydrogen) atoms. The normalized spacial score (nSPS) is 11.0. The summed E-state index contributed by atoms with van der Waals surface area (Å²) in [5.41, 5.74) is 3.97. The van der Waals surface area contributed by atoms with Crippen LogP contribution < -0.4 is 10.9 Å². The van der Waals surface area contributed by atoms with Crippen LogP contribution in [-0.4, -0.2) is 15.9 Å². The van der Waals surface area contributed by atoms with Gasteiger partial charge in [0.2, 0.25) is 5.91 Å². The molecule has 0 saturated carbocycles. The van der Waals surface area contributed by atoms with Crippen LogP contribution in [0.2, 0.25) is 0 Å². The van der Waals surface area contributed by atoms with Crippen LogP contribution in [0.5, 0.6) is 0 Å². The lowest BCUT2D eigenvalue weighted by atomic mass is 10.0. The van der Waals surface area contributed by atoms with Crippen molar-refractivity contribution in [2.75, 3.05) is 5.32 Å². The predicted octanol–water partition coefficient (Wildman–Crippen LogP) is 3.63. The van der Waals surface area contributed by atoms with E-state index in [4.69, 9.17) is 0 Å². The highest BCUT2D eigenvalue weighted by atomic mass is 16.2. The van der Waals surface area contributed by atoms with Crippen LogP contribution in [0, 0.1) is 0 Å². The summed E-state index contributed by atoms with van der Waals surface area (Å²) < 4.78 is 0. The number of H-pyrrole nitrogens is 2. The van der Waals surface area contributed by atoms with Crippen molar-refractivity contribution in [3.8, 4) is 11.1 Å². The fourth-order valence-electron chi connectivity index (χ4n) is 3.06. The van der Waals surface area contributed by atoms with Gasteiger partial charge in [-0.3, -0.25) is 9.59 Å². The first-order valence-electron chi connectivity index (χ1n) is 7.65. The van der Waals surface area contributed by atoms with Crippen molar-refractivity contribution in [3.63, 3.8) is 0 Å². The lowest BCUT2D eigenvalue weighted by molar-refractivity contribution is -0.114. The topological polar surface area (TPSA) is 77.8 Å². The Hall–Kier alpha value is -3.34. The second-order valence-corrected chi connectivity index (χ2v) is 5.67. The van der Waals surface area contributed by atoms with E-state index in [2.05, 4.69) is 15.3 Å². The first kappa shape index (κ1) is 14.3. The zero-order valence-electron chi connectivity index (χ0n) is 13.0. The van der Waals surface area contributed by atoms with Crippen LogP contribution in [0.3, 0.4) is 0 Å². The molecule has 0 fully saturated rings. The summed E-state index contributed by atoms with van der Waals surface area (Å²) in [5, 5.41) is 3.61. The molecule has 0 unspecified atom stereocenters. The molecule has 2 aromatic heterocycles. The van der Waals surface area contributed by atoms with Crippen LogP contribution in [0.1, 0.15) is 6.92 Å². The number of aromatic nitrogens is 2. The van der Waals surface area contributed by atoms with E-state index in [0.717, 1.165) is 27.5 Å². The second kappa shape index (κ2) is 5.38. The minimum atomic E-state index is -0.318. The van der Waals surface area contributed by atoms with Gasteiger partial charge in [-0.05, 0) is 11.6 Å². The molecule has 2 aromatic carbocycles. The van der Waals surface area contributed by atoms with E-state index in [-0.39, 0.29) is 17.2 Å². The van der Waals surface area contributed by atoms with Gasteiger partial charge in [-0.15, -0.1) is 0 Å². The SMILES string of the molecule is CC(=O)Nc1c(-c2ccccc2)c2[nH]c3ccccc3c2[nH]c1=O. The Morgan fingerprint density at radius 2 is 1.62 bits per heavy atom. The third-order valence-electron chi connectivity index (χ3n) is 4.04. The van der Waals surface area contributed by atoms with Crippen molar-refractivity contribution in [1.82, 2.24) is 9.97 Å². The number of carbonyl (C=O) groups excluding carboxylic acids is 1. The zero-order chi connectivity index (χ0) is 16.7. The lowest BCUT2D eigenvalue weighted by Gasteiger charge is -2.11. The van der Waals surface area contributed by atoms with Gasteiger partial charge in [-0.2, -0.15) is 0 Å². The standard InChI is InChI=1S/C19H15N3O2/c1-11(23)20-18-15(12-7-3-2-4-8-12)17-16(22-19(18)24)13-9-5-6-10-14(13)21-17/h2-10,21H,1H3,(H,20,23)(H,22,24). The molecule has 0 aliphatic heterocycles. The number of pyridine rings is 1. The molecule has 4 aromatic rings. The van der Waals surface area contributed by atoms with Crippen LogP contribution in [0.15, 0.2) is 59.4 Å². The van der Waals surface area contributed by atoms with Crippen LogP contribution in [0.25, 0.3) is 33.1 Å². The molecule has 118 valence electrons. The van der Waals surface area contributed by atoms with E-state index in [1.807, 2.05) is 54.6 Å². The molecule has 0 aliphatic carbocycles. The monoisotopic (exact) mass is 317 g/mol. The quantitative estimate of drug-likeness (QED) is 0.528. The van der Waals surface area contributed by atoms with Crippen molar-refractivity contribution >= 4 is 33.5 Å². The number of carbonyl (C=O) groups is 1. The number of anilines is 1. The van der Waals surface area contributed by atoms with Crippen molar-refractivity contribution < 1.29 is 4.79 Å². The van der Waals surface area contributed by atoms with Gasteiger partial charge in [0.1, 0.15) is 5.69 Å². The average Bonchev–Trinajstić information content (AvgIpc) is 2.94. The Morgan fingerprint density at radius 1 is 0.917 bits per heavy atom. The molecule has 0 radical (unpaired) electrons. The summed E-state index contributed by atoms with van der Waals surface area (Å²) >= 11 is 0. The van der Waals surface area contributed by atoms with E-state index in [1.165, 1.54) is 6.92 Å². The fourth-order valence-corrected chi connectivity index (χ4v) is 3.06. The van der Waals surface area contributed by atoms with E-state index in [0.29, 0.717) is 5.56 Å². The third-order valence-corrected chi connectivity index (χ3v) is 4.04. The number of hydrogen-bond donors (Lipinski definition) is 3. The summed E-state index contributed by atoms with van der Waals surface area (Å²) in [6, 6.07) is 17.3. The summed E-state index contributed by atoms with van der Waals surface area (Å²) in [5.74, 6) is -0.284. The van der Waals surface area contributed by atoms with Gasteiger partial charge in [0.15, 0.2) is 0 Å². The highest BCUT2D eigenvalue weighted by Gasteiger charge is 2.18. The van der Waals surface area contributed by atoms with E-state index >= 15 is 0 Å². The van der Waals surface area contributed by atoms with Crippen molar-refractivity contribution in [2.45, 2.75) is 6.92 Å². The Morgan fingerprint density at radius 3 is 2.38 bits per heavy atom. The summed E-state index contributed by atoms with van der Waals surface area (Å²) in [7, 11) is 0. The number of aromatic amines is 2. The van der Waals surface area contributed by atoms with Gasteiger partial charge < -0.3 is 15.3 Å². The molecule has 2 heterocycles. The first-order valence-corrected chi connectivity index (χ1v) is 7.65. The van der Waals surface area contributed by atoms with Gasteiger partial charge in [0.25, 0.3) is 5.56 Å². The van der Waals surface area contributed by atoms with E-state index in [1.54, 1.807) is 0 Å². The number of rotatable bonds is 2. The van der Waals surface area contributed by atoms with Crippen LogP contribution in [-0.2, 0) is 4.79 Å². The minimum Gasteiger partial charge on any atom is -0.353 e. The maximum Gasteiger partial charge on any atom is 0.272 e. The largest absolute Gasteiger partial charge is 0.353 e. The Balaban J connectivity index is 2.18. The molecule has 3 N–H and O–H groups in total. The maximum absolute atomic E-state index is 12.6. The lowest BCUT2D eigenvalue weighted by Crippen LogP contribution is -2.18. The average molecular weight is 317 g/mol. The molecule has 0 bridgehead atoms. The molecule has 1 amide bonds. The number of nitrogens with one attached hydrogen (secondary N) is 3. The fraction of sp³-hybridized carbons (Fsp3) is 0.0526. The Labute approximate surface area is 137 Å². The predicted molar refractivity (Wildman–Crippen MR) is 96.2 cm³/mol.